The largest absolute Gasteiger partial charge is 0.334 e. The van der Waals surface area contributed by atoms with Crippen molar-refractivity contribution in [3.63, 3.8) is 0 Å². The molecule has 0 heterocycles. The summed E-state index contributed by atoms with van der Waals surface area (Å²) in [7, 11) is 0. The number of hydrogen-bond donors (Lipinski definition) is 0. The van der Waals surface area contributed by atoms with Crippen LogP contribution in [0.5, 0.6) is 0 Å². The molecule has 1 saturated carbocycles. The van der Waals surface area contributed by atoms with Crippen LogP contribution in [0.15, 0.2) is 22.7 Å². The molecule has 0 N–H and O–H groups in total. The predicted octanol–water partition coefficient (Wildman–Crippen LogP) is 3.60. The number of halogens is 2. The Morgan fingerprint density at radius 3 is 2.82 bits per heavy atom. The molecule has 1 aliphatic rings. The van der Waals surface area contributed by atoms with E-state index in [1.807, 2.05) is 30.0 Å². The van der Waals surface area contributed by atoms with Gasteiger partial charge in [0.1, 0.15) is 0 Å². The number of rotatable bonds is 4. The topological polar surface area (TPSA) is 20.3 Å². The minimum Gasteiger partial charge on any atom is -0.334 e. The van der Waals surface area contributed by atoms with Gasteiger partial charge in [0.25, 0.3) is 5.91 Å². The highest BCUT2D eigenvalue weighted by atomic mass is 79.9. The van der Waals surface area contributed by atoms with Crippen molar-refractivity contribution in [1.29, 1.82) is 0 Å². The van der Waals surface area contributed by atoms with Gasteiger partial charge in [0, 0.05) is 28.5 Å². The van der Waals surface area contributed by atoms with E-state index in [1.54, 1.807) is 0 Å². The van der Waals surface area contributed by atoms with E-state index in [1.165, 1.54) is 0 Å². The smallest absolute Gasteiger partial charge is 0.254 e. The Labute approximate surface area is 115 Å². The third-order valence-electron chi connectivity index (χ3n) is 3.07. The van der Waals surface area contributed by atoms with Gasteiger partial charge in [0.15, 0.2) is 0 Å². The van der Waals surface area contributed by atoms with Crippen LogP contribution in [-0.2, 0) is 0 Å². The summed E-state index contributed by atoms with van der Waals surface area (Å²) in [5, 5.41) is 0. The number of carbonyl (C=O) groups is 1. The van der Waals surface area contributed by atoms with Crippen LogP contribution < -0.4 is 0 Å². The van der Waals surface area contributed by atoms with Gasteiger partial charge in [-0.1, -0.05) is 22.0 Å². The summed E-state index contributed by atoms with van der Waals surface area (Å²) in [5.41, 5.74) is 1.77. The van der Waals surface area contributed by atoms with Crippen molar-refractivity contribution in [2.75, 3.05) is 12.4 Å². The minimum atomic E-state index is 0.104. The zero-order valence-corrected chi connectivity index (χ0v) is 12.1. The average Bonchev–Trinajstić information content (AvgIpc) is 3.13. The van der Waals surface area contributed by atoms with Gasteiger partial charge >= 0.3 is 0 Å². The molecule has 0 bridgehead atoms. The fraction of sp³-hybridized carbons (Fsp3) is 0.462. The molecule has 0 unspecified atom stereocenters. The van der Waals surface area contributed by atoms with E-state index in [2.05, 4.69) is 15.9 Å². The van der Waals surface area contributed by atoms with E-state index >= 15 is 0 Å². The molecule has 0 radical (unpaired) electrons. The first-order valence-corrected chi connectivity index (χ1v) is 7.10. The Morgan fingerprint density at radius 2 is 2.24 bits per heavy atom. The number of benzene rings is 1. The van der Waals surface area contributed by atoms with Gasteiger partial charge in [-0.2, -0.15) is 0 Å². The maximum Gasteiger partial charge on any atom is 0.254 e. The van der Waals surface area contributed by atoms with Gasteiger partial charge in [-0.05, 0) is 37.5 Å². The van der Waals surface area contributed by atoms with Crippen LogP contribution in [0, 0.1) is 6.92 Å². The molecule has 1 aromatic carbocycles. The number of amides is 1. The first-order valence-electron chi connectivity index (χ1n) is 5.77. The van der Waals surface area contributed by atoms with Gasteiger partial charge in [-0.25, -0.2) is 0 Å². The second kappa shape index (κ2) is 5.40. The van der Waals surface area contributed by atoms with Crippen molar-refractivity contribution in [3.05, 3.63) is 33.8 Å². The second-order valence-corrected chi connectivity index (χ2v) is 5.56. The molecular formula is C13H15BrClNO. The van der Waals surface area contributed by atoms with Crippen LogP contribution in [0.4, 0.5) is 0 Å². The summed E-state index contributed by atoms with van der Waals surface area (Å²) >= 11 is 9.23. The summed E-state index contributed by atoms with van der Waals surface area (Å²) in [6.07, 6.45) is 2.21. The third-order valence-corrected chi connectivity index (χ3v) is 4.10. The lowest BCUT2D eigenvalue weighted by Gasteiger charge is -2.22. The molecule has 1 amide bonds. The Morgan fingerprint density at radius 1 is 1.53 bits per heavy atom. The van der Waals surface area contributed by atoms with Gasteiger partial charge in [-0.15, -0.1) is 11.6 Å². The Balaban J connectivity index is 2.25. The quantitative estimate of drug-likeness (QED) is 0.777. The average molecular weight is 317 g/mol. The van der Waals surface area contributed by atoms with Crippen molar-refractivity contribution in [2.24, 2.45) is 0 Å². The molecule has 1 fully saturated rings. The normalized spacial score (nSPS) is 14.8. The summed E-state index contributed by atoms with van der Waals surface area (Å²) in [6, 6.07) is 6.14. The minimum absolute atomic E-state index is 0.104. The van der Waals surface area contributed by atoms with Gasteiger partial charge < -0.3 is 4.90 Å². The molecule has 0 saturated heterocycles. The molecular weight excluding hydrogens is 302 g/mol. The van der Waals surface area contributed by atoms with E-state index in [4.69, 9.17) is 11.6 Å². The molecule has 4 heteroatoms. The summed E-state index contributed by atoms with van der Waals surface area (Å²) in [5.74, 6) is 0.599. The van der Waals surface area contributed by atoms with E-state index in [9.17, 15) is 4.79 Å². The zero-order chi connectivity index (χ0) is 12.4. The number of alkyl halides is 1. The Hall–Kier alpha value is -0.540. The van der Waals surface area contributed by atoms with Gasteiger partial charge in [-0.3, -0.25) is 4.79 Å². The van der Waals surface area contributed by atoms with Crippen LogP contribution >= 0.6 is 27.5 Å². The monoisotopic (exact) mass is 315 g/mol. The molecule has 0 aromatic heterocycles. The Bertz CT molecular complexity index is 431. The van der Waals surface area contributed by atoms with Crippen molar-refractivity contribution in [3.8, 4) is 0 Å². The zero-order valence-electron chi connectivity index (χ0n) is 9.75. The van der Waals surface area contributed by atoms with Crippen molar-refractivity contribution in [2.45, 2.75) is 25.8 Å². The molecule has 0 spiro atoms. The third kappa shape index (κ3) is 2.83. The maximum absolute atomic E-state index is 12.4. The van der Waals surface area contributed by atoms with Crippen molar-refractivity contribution >= 4 is 33.4 Å². The van der Waals surface area contributed by atoms with E-state index in [0.29, 0.717) is 18.5 Å². The van der Waals surface area contributed by atoms with Crippen LogP contribution in [-0.4, -0.2) is 29.3 Å². The number of nitrogens with zero attached hydrogens (tertiary/aromatic N) is 1. The highest BCUT2D eigenvalue weighted by Crippen LogP contribution is 2.29. The summed E-state index contributed by atoms with van der Waals surface area (Å²) < 4.78 is 0.977. The van der Waals surface area contributed by atoms with E-state index < -0.39 is 0 Å². The van der Waals surface area contributed by atoms with Crippen LogP contribution in [0.25, 0.3) is 0 Å². The predicted molar refractivity (Wildman–Crippen MR) is 73.7 cm³/mol. The SMILES string of the molecule is Cc1c(Br)cccc1C(=O)N(CCCl)C1CC1. The van der Waals surface area contributed by atoms with E-state index in [0.717, 1.165) is 28.4 Å². The van der Waals surface area contributed by atoms with Crippen molar-refractivity contribution < 1.29 is 4.79 Å². The highest BCUT2D eigenvalue weighted by molar-refractivity contribution is 9.10. The van der Waals surface area contributed by atoms with Gasteiger partial charge in [0.2, 0.25) is 0 Å². The second-order valence-electron chi connectivity index (χ2n) is 4.33. The first kappa shape index (κ1) is 12.9. The van der Waals surface area contributed by atoms with Gasteiger partial charge in [0.05, 0.1) is 0 Å². The molecule has 2 rings (SSSR count). The maximum atomic E-state index is 12.4. The lowest BCUT2D eigenvalue weighted by atomic mass is 10.1. The molecule has 92 valence electrons. The first-order chi connectivity index (χ1) is 8.15. The summed E-state index contributed by atoms with van der Waals surface area (Å²) in [6.45, 7) is 2.60. The molecule has 0 atom stereocenters. The molecule has 1 aliphatic carbocycles. The fourth-order valence-electron chi connectivity index (χ4n) is 1.92. The molecule has 17 heavy (non-hydrogen) atoms. The fourth-order valence-corrected chi connectivity index (χ4v) is 2.47. The molecule has 1 aromatic rings. The number of hydrogen-bond acceptors (Lipinski definition) is 1. The molecule has 2 nitrogen and oxygen atoms in total. The standard InChI is InChI=1S/C13H15BrClNO/c1-9-11(3-2-4-12(9)14)13(17)16(8-7-15)10-5-6-10/h2-4,10H,5-8H2,1H3. The van der Waals surface area contributed by atoms with E-state index in [-0.39, 0.29) is 5.91 Å². The summed E-state index contributed by atoms with van der Waals surface area (Å²) in [4.78, 5) is 14.3. The number of carbonyl (C=O) groups excluding carboxylic acids is 1. The lowest BCUT2D eigenvalue weighted by molar-refractivity contribution is 0.0753. The Kier molecular flexibility index (Phi) is 4.10. The molecule has 0 aliphatic heterocycles. The van der Waals surface area contributed by atoms with Crippen molar-refractivity contribution in [1.82, 2.24) is 4.90 Å². The van der Waals surface area contributed by atoms with Crippen LogP contribution in [0.3, 0.4) is 0 Å². The van der Waals surface area contributed by atoms with Crippen LogP contribution in [0.2, 0.25) is 0 Å². The van der Waals surface area contributed by atoms with Crippen LogP contribution in [0.1, 0.15) is 28.8 Å². The highest BCUT2D eigenvalue weighted by Gasteiger charge is 2.33. The lowest BCUT2D eigenvalue weighted by Crippen LogP contribution is -2.35.